The van der Waals surface area contributed by atoms with Crippen molar-refractivity contribution in [2.45, 2.75) is 245 Å². The predicted molar refractivity (Wildman–Crippen MR) is 261 cm³/mol. The standard InChI is InChI=1S/C55H94O6/c1-4-7-10-13-16-19-22-25-27-28-29-31-33-36-39-42-45-48-54(57)60-51-52(50-59-53(56)47-44-41-38-35-32-24-21-18-15-12-9-6-3)61-55(58)49-46-43-40-37-34-30-26-23-20-17-14-11-8-5-2/h7,10,16,18-19,21,23,25-27,29,31,52H,4-6,8-9,11-15,17,20,22,24,28,30,32-51H2,1-3H3/b10-7-,19-16-,21-18-,26-23-,27-25-,31-29-. The molecular weight excluding hydrogens is 757 g/mol. The molecule has 1 atom stereocenters. The Balaban J connectivity index is 4.44. The van der Waals surface area contributed by atoms with Crippen LogP contribution in [0.15, 0.2) is 72.9 Å². The molecule has 0 saturated heterocycles. The molecule has 0 aromatic heterocycles. The molecule has 6 nitrogen and oxygen atoms in total. The van der Waals surface area contributed by atoms with Crippen LogP contribution in [0.1, 0.15) is 239 Å². The Labute approximate surface area is 376 Å². The van der Waals surface area contributed by atoms with Crippen LogP contribution >= 0.6 is 0 Å². The third kappa shape index (κ3) is 47.7. The first kappa shape index (κ1) is 57.9. The number of ether oxygens (including phenoxy) is 3. The van der Waals surface area contributed by atoms with Crippen molar-refractivity contribution in [3.8, 4) is 0 Å². The highest BCUT2D eigenvalue weighted by molar-refractivity contribution is 5.71. The van der Waals surface area contributed by atoms with Crippen molar-refractivity contribution < 1.29 is 28.6 Å². The Morgan fingerprint density at radius 2 is 0.639 bits per heavy atom. The van der Waals surface area contributed by atoms with Gasteiger partial charge in [-0.15, -0.1) is 0 Å². The second kappa shape index (κ2) is 49.5. The predicted octanol–water partition coefficient (Wildman–Crippen LogP) is 16.6. The maximum atomic E-state index is 12.8. The molecule has 350 valence electrons. The van der Waals surface area contributed by atoms with Crippen LogP contribution < -0.4 is 0 Å². The van der Waals surface area contributed by atoms with Gasteiger partial charge in [-0.05, 0) is 109 Å². The highest BCUT2D eigenvalue weighted by Crippen LogP contribution is 2.13. The first-order valence-electron chi connectivity index (χ1n) is 25.4. The molecule has 6 heteroatoms. The van der Waals surface area contributed by atoms with E-state index in [2.05, 4.69) is 93.7 Å². The van der Waals surface area contributed by atoms with Crippen molar-refractivity contribution in [1.29, 1.82) is 0 Å². The van der Waals surface area contributed by atoms with Crippen LogP contribution in [0.2, 0.25) is 0 Å². The molecule has 0 N–H and O–H groups in total. The molecular formula is C55H94O6. The zero-order chi connectivity index (χ0) is 44.4. The fraction of sp³-hybridized carbons (Fsp3) is 0.727. The fourth-order valence-corrected chi connectivity index (χ4v) is 6.83. The van der Waals surface area contributed by atoms with Gasteiger partial charge in [-0.1, -0.05) is 184 Å². The Bertz CT molecular complexity index is 1160. The van der Waals surface area contributed by atoms with E-state index in [1.54, 1.807) is 0 Å². The average Bonchev–Trinajstić information content (AvgIpc) is 3.26. The number of rotatable bonds is 45. The van der Waals surface area contributed by atoms with E-state index in [1.807, 2.05) is 0 Å². The zero-order valence-electron chi connectivity index (χ0n) is 39.9. The summed E-state index contributed by atoms with van der Waals surface area (Å²) in [5.74, 6) is -0.933. The van der Waals surface area contributed by atoms with Gasteiger partial charge in [-0.2, -0.15) is 0 Å². The summed E-state index contributed by atoms with van der Waals surface area (Å²) in [5.41, 5.74) is 0. The monoisotopic (exact) mass is 851 g/mol. The molecule has 0 aromatic rings. The Kier molecular flexibility index (Phi) is 46.9. The lowest BCUT2D eigenvalue weighted by atomic mass is 10.1. The Morgan fingerprint density at radius 3 is 1.05 bits per heavy atom. The van der Waals surface area contributed by atoms with Gasteiger partial charge in [0.1, 0.15) is 13.2 Å². The van der Waals surface area contributed by atoms with Crippen molar-refractivity contribution >= 4 is 17.9 Å². The molecule has 1 unspecified atom stereocenters. The van der Waals surface area contributed by atoms with Crippen LogP contribution in [0.3, 0.4) is 0 Å². The van der Waals surface area contributed by atoms with E-state index in [0.29, 0.717) is 19.3 Å². The van der Waals surface area contributed by atoms with E-state index in [9.17, 15) is 14.4 Å². The molecule has 0 aliphatic rings. The van der Waals surface area contributed by atoms with Gasteiger partial charge in [-0.25, -0.2) is 0 Å². The van der Waals surface area contributed by atoms with Gasteiger partial charge in [0.2, 0.25) is 0 Å². The highest BCUT2D eigenvalue weighted by atomic mass is 16.6. The molecule has 0 spiro atoms. The molecule has 0 aliphatic carbocycles. The molecule has 0 aliphatic heterocycles. The summed E-state index contributed by atoms with van der Waals surface area (Å²) in [6.07, 6.45) is 61.6. The second-order valence-corrected chi connectivity index (χ2v) is 16.7. The third-order valence-corrected chi connectivity index (χ3v) is 10.7. The van der Waals surface area contributed by atoms with Crippen molar-refractivity contribution in [2.24, 2.45) is 0 Å². The van der Waals surface area contributed by atoms with Crippen molar-refractivity contribution in [3.05, 3.63) is 72.9 Å². The van der Waals surface area contributed by atoms with Gasteiger partial charge < -0.3 is 14.2 Å². The molecule has 61 heavy (non-hydrogen) atoms. The first-order valence-corrected chi connectivity index (χ1v) is 25.4. The maximum Gasteiger partial charge on any atom is 0.306 e. The quantitative estimate of drug-likeness (QED) is 0.0263. The highest BCUT2D eigenvalue weighted by Gasteiger charge is 2.19. The summed E-state index contributed by atoms with van der Waals surface area (Å²) in [6, 6.07) is 0. The second-order valence-electron chi connectivity index (χ2n) is 16.7. The topological polar surface area (TPSA) is 78.9 Å². The molecule has 0 radical (unpaired) electrons. The van der Waals surface area contributed by atoms with Crippen molar-refractivity contribution in [1.82, 2.24) is 0 Å². The van der Waals surface area contributed by atoms with Gasteiger partial charge >= 0.3 is 17.9 Å². The number of carbonyl (C=O) groups excluding carboxylic acids is 3. The van der Waals surface area contributed by atoms with Crippen LogP contribution in [0.25, 0.3) is 0 Å². The van der Waals surface area contributed by atoms with Crippen molar-refractivity contribution in [3.63, 3.8) is 0 Å². The molecule has 0 rings (SSSR count). The molecule has 0 saturated carbocycles. The minimum Gasteiger partial charge on any atom is -0.462 e. The number of unbranched alkanes of at least 4 members (excludes halogenated alkanes) is 22. The zero-order valence-corrected chi connectivity index (χ0v) is 39.9. The average molecular weight is 851 g/mol. The normalized spacial score (nSPS) is 12.6. The SMILES string of the molecule is CC/C=C\C/C=C\C/C=C\C/C=C\CCCCCCC(=O)OCC(COC(=O)CCCCCCC/C=C\CCCCC)OC(=O)CCCCCCC/C=C\CCCCCCC. The molecule has 0 amide bonds. The van der Waals surface area contributed by atoms with E-state index in [0.717, 1.165) is 116 Å². The summed E-state index contributed by atoms with van der Waals surface area (Å²) in [5, 5.41) is 0. The summed E-state index contributed by atoms with van der Waals surface area (Å²) in [6.45, 7) is 6.45. The van der Waals surface area contributed by atoms with Gasteiger partial charge in [0, 0.05) is 19.3 Å². The van der Waals surface area contributed by atoms with Gasteiger partial charge in [0.15, 0.2) is 6.10 Å². The van der Waals surface area contributed by atoms with Crippen molar-refractivity contribution in [2.75, 3.05) is 13.2 Å². The van der Waals surface area contributed by atoms with Crippen LogP contribution in [0, 0.1) is 0 Å². The molecule has 0 fully saturated rings. The largest absolute Gasteiger partial charge is 0.462 e. The van der Waals surface area contributed by atoms with Crippen LogP contribution in [0.5, 0.6) is 0 Å². The summed E-state index contributed by atoms with van der Waals surface area (Å²) in [7, 11) is 0. The van der Waals surface area contributed by atoms with Crippen LogP contribution in [-0.4, -0.2) is 37.2 Å². The van der Waals surface area contributed by atoms with Gasteiger partial charge in [0.25, 0.3) is 0 Å². The number of esters is 3. The Morgan fingerprint density at radius 1 is 0.344 bits per heavy atom. The third-order valence-electron chi connectivity index (χ3n) is 10.7. The molecule has 0 aromatic carbocycles. The van der Waals surface area contributed by atoms with Gasteiger partial charge in [-0.3, -0.25) is 14.4 Å². The van der Waals surface area contributed by atoms with E-state index in [1.165, 1.54) is 83.5 Å². The number of allylic oxidation sites excluding steroid dienone is 12. The lowest BCUT2D eigenvalue weighted by molar-refractivity contribution is -0.167. The van der Waals surface area contributed by atoms with E-state index in [4.69, 9.17) is 14.2 Å². The minimum atomic E-state index is -0.792. The lowest BCUT2D eigenvalue weighted by Gasteiger charge is -2.18. The molecule has 0 bridgehead atoms. The number of carbonyl (C=O) groups is 3. The summed E-state index contributed by atoms with van der Waals surface area (Å²) in [4.78, 5) is 37.9. The van der Waals surface area contributed by atoms with Crippen LogP contribution in [-0.2, 0) is 28.6 Å². The van der Waals surface area contributed by atoms with E-state index in [-0.39, 0.29) is 31.1 Å². The summed E-state index contributed by atoms with van der Waals surface area (Å²) < 4.78 is 16.8. The van der Waals surface area contributed by atoms with Gasteiger partial charge in [0.05, 0.1) is 0 Å². The lowest BCUT2D eigenvalue weighted by Crippen LogP contribution is -2.30. The fourth-order valence-electron chi connectivity index (χ4n) is 6.83. The van der Waals surface area contributed by atoms with E-state index >= 15 is 0 Å². The Hall–Kier alpha value is -3.15. The maximum absolute atomic E-state index is 12.8. The first-order chi connectivity index (χ1) is 30.0. The summed E-state index contributed by atoms with van der Waals surface area (Å²) >= 11 is 0. The number of hydrogen-bond acceptors (Lipinski definition) is 6. The smallest absolute Gasteiger partial charge is 0.306 e. The minimum absolute atomic E-state index is 0.0913. The van der Waals surface area contributed by atoms with E-state index < -0.39 is 6.10 Å². The molecule has 0 heterocycles. The van der Waals surface area contributed by atoms with Crippen LogP contribution in [0.4, 0.5) is 0 Å². The number of hydrogen-bond donors (Lipinski definition) is 0.